The molecule has 1 heterocycles. The minimum Gasteiger partial charge on any atom is -0.508 e. The third kappa shape index (κ3) is 3.51. The number of aromatic hydroxyl groups is 1. The summed E-state index contributed by atoms with van der Waals surface area (Å²) in [6, 6.07) is 14.5. The molecule has 1 unspecified atom stereocenters. The standard InChI is InChI=1S/C19H22N2O3/c22-13-18-17-7-2-1-5-15(17)9-11-21(18)19(24)20-10-8-14-4-3-6-16(23)12-14/h1-7,12,18,22-23H,8-11,13H2,(H,20,24). The van der Waals surface area contributed by atoms with Gasteiger partial charge in [0.15, 0.2) is 0 Å². The maximum atomic E-state index is 12.5. The van der Waals surface area contributed by atoms with Gasteiger partial charge in [-0.3, -0.25) is 0 Å². The largest absolute Gasteiger partial charge is 0.508 e. The van der Waals surface area contributed by atoms with Crippen molar-refractivity contribution < 1.29 is 15.0 Å². The monoisotopic (exact) mass is 326 g/mol. The van der Waals surface area contributed by atoms with Crippen LogP contribution in [0.25, 0.3) is 0 Å². The number of phenols is 1. The summed E-state index contributed by atoms with van der Waals surface area (Å²) in [6.07, 6.45) is 1.45. The van der Waals surface area contributed by atoms with Crippen LogP contribution in [0.4, 0.5) is 4.79 Å². The van der Waals surface area contributed by atoms with E-state index in [9.17, 15) is 15.0 Å². The zero-order chi connectivity index (χ0) is 16.9. The molecule has 3 rings (SSSR count). The van der Waals surface area contributed by atoms with Gasteiger partial charge in [0, 0.05) is 13.1 Å². The molecule has 2 aromatic rings. The second-order valence-corrected chi connectivity index (χ2v) is 5.99. The summed E-state index contributed by atoms with van der Waals surface area (Å²) in [7, 11) is 0. The van der Waals surface area contributed by atoms with Crippen LogP contribution < -0.4 is 5.32 Å². The van der Waals surface area contributed by atoms with Crippen LogP contribution in [0.3, 0.4) is 0 Å². The summed E-state index contributed by atoms with van der Waals surface area (Å²) in [4.78, 5) is 14.2. The number of nitrogens with zero attached hydrogens (tertiary/aromatic N) is 1. The zero-order valence-electron chi connectivity index (χ0n) is 13.5. The minimum absolute atomic E-state index is 0.0863. The summed E-state index contributed by atoms with van der Waals surface area (Å²) in [5.74, 6) is 0.229. The third-order valence-electron chi connectivity index (χ3n) is 4.45. The summed E-state index contributed by atoms with van der Waals surface area (Å²) in [6.45, 7) is 0.996. The number of carbonyl (C=O) groups is 1. The Morgan fingerprint density at radius 1 is 1.21 bits per heavy atom. The first kappa shape index (κ1) is 16.3. The Labute approximate surface area is 141 Å². The van der Waals surface area contributed by atoms with Gasteiger partial charge in [-0.05, 0) is 41.7 Å². The van der Waals surface area contributed by atoms with E-state index in [0.29, 0.717) is 19.5 Å². The van der Waals surface area contributed by atoms with Gasteiger partial charge < -0.3 is 20.4 Å². The van der Waals surface area contributed by atoms with E-state index < -0.39 is 0 Å². The summed E-state index contributed by atoms with van der Waals surface area (Å²) in [5, 5.41) is 22.1. The van der Waals surface area contributed by atoms with Crippen molar-refractivity contribution >= 4 is 6.03 Å². The number of urea groups is 1. The lowest BCUT2D eigenvalue weighted by Gasteiger charge is -2.36. The zero-order valence-corrected chi connectivity index (χ0v) is 13.5. The normalized spacial score (nSPS) is 16.5. The lowest BCUT2D eigenvalue weighted by Crippen LogP contribution is -2.47. The molecule has 1 atom stereocenters. The highest BCUT2D eigenvalue weighted by Crippen LogP contribution is 2.29. The molecule has 5 nitrogen and oxygen atoms in total. The number of phenolic OH excluding ortho intramolecular Hbond substituents is 1. The molecule has 0 bridgehead atoms. The predicted octanol–water partition coefficient (Wildman–Crippen LogP) is 2.24. The quantitative estimate of drug-likeness (QED) is 0.807. The average Bonchev–Trinajstić information content (AvgIpc) is 2.60. The first-order chi connectivity index (χ1) is 11.7. The van der Waals surface area contributed by atoms with Crippen LogP contribution in [0.15, 0.2) is 48.5 Å². The Bertz CT molecular complexity index is 717. The fourth-order valence-electron chi connectivity index (χ4n) is 3.22. The van der Waals surface area contributed by atoms with Gasteiger partial charge in [0.05, 0.1) is 12.6 Å². The lowest BCUT2D eigenvalue weighted by atomic mass is 9.93. The van der Waals surface area contributed by atoms with Crippen molar-refractivity contribution in [3.05, 3.63) is 65.2 Å². The Balaban J connectivity index is 1.61. The average molecular weight is 326 g/mol. The Morgan fingerprint density at radius 3 is 2.83 bits per heavy atom. The van der Waals surface area contributed by atoms with E-state index in [-0.39, 0.29) is 24.4 Å². The van der Waals surface area contributed by atoms with Gasteiger partial charge in [-0.2, -0.15) is 0 Å². The number of carbonyl (C=O) groups excluding carboxylic acids is 1. The second-order valence-electron chi connectivity index (χ2n) is 5.99. The molecule has 2 aromatic carbocycles. The number of benzene rings is 2. The number of aliphatic hydroxyl groups is 1. The number of nitrogens with one attached hydrogen (secondary N) is 1. The topological polar surface area (TPSA) is 72.8 Å². The maximum absolute atomic E-state index is 12.5. The van der Waals surface area contributed by atoms with Crippen molar-refractivity contribution in [2.45, 2.75) is 18.9 Å². The van der Waals surface area contributed by atoms with Gasteiger partial charge in [0.2, 0.25) is 0 Å². The summed E-state index contributed by atoms with van der Waals surface area (Å²) < 4.78 is 0. The van der Waals surface area contributed by atoms with Crippen molar-refractivity contribution in [1.29, 1.82) is 0 Å². The number of amides is 2. The fraction of sp³-hybridized carbons (Fsp3) is 0.316. The van der Waals surface area contributed by atoms with Gasteiger partial charge >= 0.3 is 6.03 Å². The molecule has 126 valence electrons. The molecule has 2 amide bonds. The number of hydrogen-bond acceptors (Lipinski definition) is 3. The highest BCUT2D eigenvalue weighted by molar-refractivity contribution is 5.75. The molecule has 0 fully saturated rings. The van der Waals surface area contributed by atoms with Gasteiger partial charge in [0.1, 0.15) is 5.75 Å². The van der Waals surface area contributed by atoms with Gasteiger partial charge in [-0.25, -0.2) is 4.79 Å². The van der Waals surface area contributed by atoms with Crippen LogP contribution in [0, 0.1) is 0 Å². The van der Waals surface area contributed by atoms with Crippen molar-refractivity contribution in [3.8, 4) is 5.75 Å². The number of fused-ring (bicyclic) bond motifs is 1. The first-order valence-corrected chi connectivity index (χ1v) is 8.20. The summed E-state index contributed by atoms with van der Waals surface area (Å²) in [5.41, 5.74) is 3.19. The molecule has 1 aliphatic heterocycles. The van der Waals surface area contributed by atoms with E-state index in [4.69, 9.17) is 0 Å². The van der Waals surface area contributed by atoms with E-state index in [1.54, 1.807) is 23.1 Å². The van der Waals surface area contributed by atoms with Gasteiger partial charge in [-0.15, -0.1) is 0 Å². The molecule has 0 aliphatic carbocycles. The van der Waals surface area contributed by atoms with E-state index in [1.165, 1.54) is 5.56 Å². The van der Waals surface area contributed by atoms with Crippen LogP contribution >= 0.6 is 0 Å². The fourth-order valence-corrected chi connectivity index (χ4v) is 3.22. The minimum atomic E-state index is -0.296. The SMILES string of the molecule is O=C(NCCc1cccc(O)c1)N1CCc2ccccc2C1CO. The maximum Gasteiger partial charge on any atom is 0.318 e. The molecule has 0 spiro atoms. The third-order valence-corrected chi connectivity index (χ3v) is 4.45. The van der Waals surface area contributed by atoms with Crippen LogP contribution in [-0.2, 0) is 12.8 Å². The Kier molecular flexibility index (Phi) is 5.01. The van der Waals surface area contributed by atoms with Crippen molar-refractivity contribution in [2.75, 3.05) is 19.7 Å². The van der Waals surface area contributed by atoms with Crippen molar-refractivity contribution in [3.63, 3.8) is 0 Å². The number of rotatable bonds is 4. The van der Waals surface area contributed by atoms with E-state index in [1.807, 2.05) is 24.3 Å². The Hall–Kier alpha value is -2.53. The van der Waals surface area contributed by atoms with Crippen LogP contribution in [0.1, 0.15) is 22.7 Å². The van der Waals surface area contributed by atoms with Crippen molar-refractivity contribution in [1.82, 2.24) is 10.2 Å². The molecular formula is C19H22N2O3. The predicted molar refractivity (Wildman–Crippen MR) is 91.9 cm³/mol. The summed E-state index contributed by atoms with van der Waals surface area (Å²) >= 11 is 0. The molecule has 3 N–H and O–H groups in total. The molecular weight excluding hydrogens is 304 g/mol. The first-order valence-electron chi connectivity index (χ1n) is 8.20. The number of hydrogen-bond donors (Lipinski definition) is 3. The van der Waals surface area contributed by atoms with E-state index >= 15 is 0 Å². The molecule has 0 aromatic heterocycles. The van der Waals surface area contributed by atoms with Crippen molar-refractivity contribution in [2.24, 2.45) is 0 Å². The Morgan fingerprint density at radius 2 is 2.04 bits per heavy atom. The second kappa shape index (κ2) is 7.36. The molecule has 0 saturated heterocycles. The molecule has 5 heteroatoms. The molecule has 0 saturated carbocycles. The number of aliphatic hydroxyl groups excluding tert-OH is 1. The van der Waals surface area contributed by atoms with Gasteiger partial charge in [0.25, 0.3) is 0 Å². The molecule has 0 radical (unpaired) electrons. The smallest absolute Gasteiger partial charge is 0.318 e. The van der Waals surface area contributed by atoms with Crippen LogP contribution in [0.2, 0.25) is 0 Å². The lowest BCUT2D eigenvalue weighted by molar-refractivity contribution is 0.127. The van der Waals surface area contributed by atoms with Gasteiger partial charge in [-0.1, -0.05) is 36.4 Å². The van der Waals surface area contributed by atoms with E-state index in [2.05, 4.69) is 11.4 Å². The molecule has 24 heavy (non-hydrogen) atoms. The van der Waals surface area contributed by atoms with Crippen LogP contribution in [0.5, 0.6) is 5.75 Å². The van der Waals surface area contributed by atoms with E-state index in [0.717, 1.165) is 17.5 Å². The molecule has 1 aliphatic rings. The highest BCUT2D eigenvalue weighted by atomic mass is 16.3. The van der Waals surface area contributed by atoms with Crippen LogP contribution in [-0.4, -0.2) is 40.8 Å². The highest BCUT2D eigenvalue weighted by Gasteiger charge is 2.29.